The Morgan fingerprint density at radius 3 is 2.06 bits per heavy atom. The number of hydrogen-bond acceptors (Lipinski definition) is 16. The lowest BCUT2D eigenvalue weighted by molar-refractivity contribution is -0.137. The molecular formula is C44H60N2O16S3-2. The van der Waals surface area contributed by atoms with E-state index in [9.17, 15) is 48.8 Å². The van der Waals surface area contributed by atoms with Crippen molar-refractivity contribution in [2.75, 3.05) is 89.4 Å². The summed E-state index contributed by atoms with van der Waals surface area (Å²) in [5.74, 6) is -1.10. The molecule has 0 aromatic heterocycles. The lowest BCUT2D eigenvalue weighted by atomic mass is 9.77. The maximum absolute atomic E-state index is 12.2. The van der Waals surface area contributed by atoms with Crippen LogP contribution in [0.4, 0.5) is 5.69 Å². The number of ether oxygens (including phenoxy) is 4. The maximum atomic E-state index is 12.2. The highest BCUT2D eigenvalue weighted by atomic mass is 32.2. The van der Waals surface area contributed by atoms with Crippen LogP contribution in [0.25, 0.3) is 17.4 Å². The van der Waals surface area contributed by atoms with E-state index in [-0.39, 0.29) is 51.8 Å². The lowest BCUT2D eigenvalue weighted by Crippen LogP contribution is -2.35. The van der Waals surface area contributed by atoms with Crippen LogP contribution < -0.4 is 14.8 Å². The van der Waals surface area contributed by atoms with Gasteiger partial charge in [0.05, 0.1) is 70.8 Å². The first-order valence-corrected chi connectivity index (χ1v) is 25.7. The van der Waals surface area contributed by atoms with Gasteiger partial charge in [-0.25, -0.2) is 29.8 Å². The van der Waals surface area contributed by atoms with Crippen LogP contribution in [0, 0.1) is 0 Å². The minimum Gasteiger partial charge on any atom is -0.748 e. The molecule has 1 aliphatic carbocycles. The van der Waals surface area contributed by atoms with Crippen molar-refractivity contribution in [2.45, 2.75) is 75.5 Å². The number of nitrogens with zero attached hydrogens (tertiary/aromatic N) is 2. The number of rotatable bonds is 27. The van der Waals surface area contributed by atoms with Crippen LogP contribution in [0.5, 0.6) is 0 Å². The number of benzene rings is 2. The SMILES string of the molecule is COCCOCCOCCOCC[N+](CCCS(=O)(=O)[O-])=c1ccc2c(/C=C/C=C3\N(CCCS(=O)(=O)[O-])c4ccc(S(=O)(=O)[O-])cc4C3(C)CCCC(=O)O)cc(C(C)(C)C)oc-2c1. The van der Waals surface area contributed by atoms with Crippen molar-refractivity contribution in [1.82, 2.24) is 4.58 Å². The first kappa shape index (κ1) is 53.6. The molecule has 21 heteroatoms. The van der Waals surface area contributed by atoms with Gasteiger partial charge in [-0.15, -0.1) is 0 Å². The normalized spacial score (nSPS) is 17.1. The van der Waals surface area contributed by atoms with Crippen LogP contribution in [-0.2, 0) is 64.9 Å². The Balaban J connectivity index is 1.76. The Labute approximate surface area is 382 Å². The van der Waals surface area contributed by atoms with Gasteiger partial charge in [0.1, 0.15) is 34.8 Å². The Kier molecular flexibility index (Phi) is 19.5. The Bertz CT molecular complexity index is 2530. The smallest absolute Gasteiger partial charge is 0.303 e. The maximum Gasteiger partial charge on any atom is 0.303 e. The predicted octanol–water partition coefficient (Wildman–Crippen LogP) is 3.85. The standard InChI is InChI=1S/C44H62N2O16S3/c1-43(2,3)41-30-33(36-15-13-34(31-39(36)62-41)45(18-8-28-63(49,50)51)20-21-59-24-25-61-27-26-60-23-22-58-5)10-6-11-40-44(4,17-7-12-42(47)48)37-32-35(65(55,56)57)14-16-38(37)46(40)19-9-29-64(52,53)54/h6,10-11,13-16,30-32H,7-9,12,17-29H2,1-5H3,(H3-,47,48,49,50,51,52,53,54,55,56,57)/p-2. The highest BCUT2D eigenvalue weighted by Crippen LogP contribution is 2.51. The number of carbonyl (C=O) groups is 1. The van der Waals surface area contributed by atoms with Crippen LogP contribution in [0.15, 0.2) is 69.6 Å². The minimum absolute atomic E-state index is 0.0391. The van der Waals surface area contributed by atoms with Gasteiger partial charge in [-0.05, 0) is 73.7 Å². The molecule has 65 heavy (non-hydrogen) atoms. The summed E-state index contributed by atoms with van der Waals surface area (Å²) in [5, 5.41) is 10.2. The van der Waals surface area contributed by atoms with E-state index < -0.39 is 63.6 Å². The minimum atomic E-state index is -4.88. The summed E-state index contributed by atoms with van der Waals surface area (Å²) in [6.45, 7) is 11.1. The van der Waals surface area contributed by atoms with E-state index in [0.717, 1.165) is 11.6 Å². The molecule has 1 unspecified atom stereocenters. The Hall–Kier alpha value is -4.03. The van der Waals surface area contributed by atoms with Crippen molar-refractivity contribution >= 4 is 48.1 Å². The van der Waals surface area contributed by atoms with Gasteiger partial charge in [-0.3, -0.25) is 4.79 Å². The van der Waals surface area contributed by atoms with E-state index >= 15 is 0 Å². The van der Waals surface area contributed by atoms with Crippen molar-refractivity contribution in [3.63, 3.8) is 0 Å². The second kappa shape index (κ2) is 23.6. The molecule has 0 bridgehead atoms. The van der Waals surface area contributed by atoms with E-state index in [1.165, 1.54) is 12.1 Å². The molecule has 2 heterocycles. The van der Waals surface area contributed by atoms with Crippen LogP contribution in [-0.4, -0.2) is 134 Å². The molecule has 4 rings (SSSR count). The molecular weight excluding hydrogens is 909 g/mol. The van der Waals surface area contributed by atoms with Crippen LogP contribution in [0.3, 0.4) is 0 Å². The molecule has 3 aliphatic rings. The predicted molar refractivity (Wildman–Crippen MR) is 239 cm³/mol. The summed E-state index contributed by atoms with van der Waals surface area (Å²) in [4.78, 5) is 12.9. The van der Waals surface area contributed by atoms with Crippen molar-refractivity contribution in [1.29, 1.82) is 0 Å². The van der Waals surface area contributed by atoms with Gasteiger partial charge < -0.3 is 47.0 Å². The Morgan fingerprint density at radius 1 is 0.831 bits per heavy atom. The molecule has 1 N–H and O–H groups in total. The van der Waals surface area contributed by atoms with Crippen LogP contribution in [0.1, 0.15) is 76.7 Å². The molecule has 18 nitrogen and oxygen atoms in total. The van der Waals surface area contributed by atoms with Gasteiger partial charge in [-0.1, -0.05) is 32.9 Å². The summed E-state index contributed by atoms with van der Waals surface area (Å²) in [6, 6.07) is 11.3. The molecule has 0 radical (unpaired) electrons. The molecule has 1 aromatic carbocycles. The number of carboxylic acid groups (broad SMARTS) is 1. The van der Waals surface area contributed by atoms with E-state index in [4.69, 9.17) is 23.4 Å². The van der Waals surface area contributed by atoms with Gasteiger partial charge in [0.15, 0.2) is 6.54 Å². The zero-order chi connectivity index (χ0) is 48.1. The average Bonchev–Trinajstić information content (AvgIpc) is 3.42. The van der Waals surface area contributed by atoms with Crippen molar-refractivity contribution in [3.8, 4) is 11.3 Å². The molecule has 0 spiro atoms. The van der Waals surface area contributed by atoms with Gasteiger partial charge in [-0.2, -0.15) is 0 Å². The molecule has 1 atom stereocenters. The summed E-state index contributed by atoms with van der Waals surface area (Å²) in [7, 11) is -12.3. The van der Waals surface area contributed by atoms with Crippen molar-refractivity contribution in [3.05, 3.63) is 82.6 Å². The third-order valence-corrected chi connectivity index (χ3v) is 13.2. The third kappa shape index (κ3) is 16.7. The molecule has 0 fully saturated rings. The number of aliphatic carboxylic acids is 1. The third-order valence-electron chi connectivity index (χ3n) is 10.8. The first-order chi connectivity index (χ1) is 30.4. The van der Waals surface area contributed by atoms with E-state index in [1.54, 1.807) is 31.1 Å². The zero-order valence-corrected chi connectivity index (χ0v) is 39.9. The van der Waals surface area contributed by atoms with Gasteiger partial charge in [0, 0.05) is 71.8 Å². The number of anilines is 1. The highest BCUT2D eigenvalue weighted by molar-refractivity contribution is 7.86. The van der Waals surface area contributed by atoms with Crippen molar-refractivity contribution < 1.29 is 72.2 Å². The van der Waals surface area contributed by atoms with E-state index in [0.29, 0.717) is 85.6 Å². The molecule has 2 aliphatic heterocycles. The Morgan fingerprint density at radius 2 is 1.46 bits per heavy atom. The molecule has 1 aromatic rings. The van der Waals surface area contributed by atoms with Crippen LogP contribution >= 0.6 is 0 Å². The summed E-state index contributed by atoms with van der Waals surface area (Å²) < 4.78 is 136. The first-order valence-electron chi connectivity index (χ1n) is 21.2. The quantitative estimate of drug-likeness (QED) is 0.0646. The number of fused-ring (bicyclic) bond motifs is 2. The average molecular weight is 969 g/mol. The summed E-state index contributed by atoms with van der Waals surface area (Å²) in [6.07, 6.45) is 5.59. The number of carboxylic acids is 1. The fraction of sp³-hybridized carbons (Fsp3) is 0.545. The fourth-order valence-corrected chi connectivity index (χ4v) is 8.95. The van der Waals surface area contributed by atoms with E-state index in [2.05, 4.69) is 0 Å². The fourth-order valence-electron chi connectivity index (χ4n) is 7.49. The largest absolute Gasteiger partial charge is 0.748 e. The van der Waals surface area contributed by atoms with Gasteiger partial charge in [0.25, 0.3) is 0 Å². The van der Waals surface area contributed by atoms with Crippen LogP contribution in [0.2, 0.25) is 0 Å². The summed E-state index contributed by atoms with van der Waals surface area (Å²) in [5.41, 5.74) is 1.43. The lowest BCUT2D eigenvalue weighted by Gasteiger charge is -2.30. The molecule has 362 valence electrons. The summed E-state index contributed by atoms with van der Waals surface area (Å²) >= 11 is 0. The van der Waals surface area contributed by atoms with Crippen molar-refractivity contribution in [2.24, 2.45) is 0 Å². The van der Waals surface area contributed by atoms with E-state index in [1.807, 2.05) is 55.7 Å². The topological polar surface area (TPSA) is 265 Å². The molecule has 0 saturated carbocycles. The number of hydrogen-bond donors (Lipinski definition) is 1. The number of allylic oxidation sites excluding steroid dienone is 3. The molecule has 0 amide bonds. The number of methoxy groups -OCH3 is 1. The zero-order valence-electron chi connectivity index (χ0n) is 37.5. The van der Waals surface area contributed by atoms with Gasteiger partial charge >= 0.3 is 5.97 Å². The highest BCUT2D eigenvalue weighted by Gasteiger charge is 2.43. The second-order valence-corrected chi connectivity index (χ2v) is 21.2. The second-order valence-electron chi connectivity index (χ2n) is 16.8. The molecule has 0 saturated heterocycles. The monoisotopic (exact) mass is 968 g/mol. The van der Waals surface area contributed by atoms with Gasteiger partial charge in [0.2, 0.25) is 5.36 Å².